The van der Waals surface area contributed by atoms with Crippen molar-refractivity contribution >= 4 is 0 Å². The lowest BCUT2D eigenvalue weighted by Crippen LogP contribution is -2.47. The summed E-state index contributed by atoms with van der Waals surface area (Å²) >= 11 is 0. The van der Waals surface area contributed by atoms with E-state index in [1.54, 1.807) is 0 Å². The molecule has 1 N–H and O–H groups in total. The normalized spacial score (nSPS) is 33.6. The van der Waals surface area contributed by atoms with Crippen molar-refractivity contribution in [1.82, 2.24) is 5.32 Å². The first kappa shape index (κ1) is 12.0. The third-order valence-corrected chi connectivity index (χ3v) is 3.32. The van der Waals surface area contributed by atoms with Crippen LogP contribution in [0.25, 0.3) is 0 Å². The van der Waals surface area contributed by atoms with E-state index in [0.29, 0.717) is 6.04 Å². The van der Waals surface area contributed by atoms with Crippen molar-refractivity contribution in [2.24, 2.45) is 5.92 Å². The molecule has 0 aromatic rings. The molecule has 0 saturated heterocycles. The molecular weight excluding hydrogens is 174 g/mol. The summed E-state index contributed by atoms with van der Waals surface area (Å²) in [5, 5.41) is 3.50. The van der Waals surface area contributed by atoms with Gasteiger partial charge in [-0.2, -0.15) is 0 Å². The lowest BCUT2D eigenvalue weighted by Gasteiger charge is -2.39. The predicted molar refractivity (Wildman–Crippen MR) is 60.5 cm³/mol. The van der Waals surface area contributed by atoms with Crippen molar-refractivity contribution in [1.29, 1.82) is 0 Å². The highest BCUT2D eigenvalue weighted by Crippen LogP contribution is 2.34. The van der Waals surface area contributed by atoms with E-state index in [1.807, 2.05) is 7.11 Å². The maximum Gasteiger partial charge on any atom is 0.0805 e. The molecule has 2 unspecified atom stereocenters. The van der Waals surface area contributed by atoms with Gasteiger partial charge in [-0.05, 0) is 18.8 Å². The Bertz CT molecular complexity index is 170. The van der Waals surface area contributed by atoms with E-state index < -0.39 is 0 Å². The van der Waals surface area contributed by atoms with Gasteiger partial charge in [-0.1, -0.05) is 33.6 Å². The van der Waals surface area contributed by atoms with Gasteiger partial charge in [0.15, 0.2) is 0 Å². The molecule has 14 heavy (non-hydrogen) atoms. The topological polar surface area (TPSA) is 21.3 Å². The summed E-state index contributed by atoms with van der Waals surface area (Å²) in [5.74, 6) is 0.817. The Labute approximate surface area is 88.4 Å². The standard InChI is InChI=1S/C12H25NO/c1-10(2)13-9-12(14-4)7-5-6-11(3)8-12/h10-11,13H,5-9H2,1-4H3. The summed E-state index contributed by atoms with van der Waals surface area (Å²) in [6.45, 7) is 7.72. The molecule has 0 aromatic carbocycles. The van der Waals surface area contributed by atoms with Crippen LogP contribution in [-0.4, -0.2) is 25.3 Å². The Morgan fingerprint density at radius 1 is 1.50 bits per heavy atom. The van der Waals surface area contributed by atoms with Crippen molar-refractivity contribution in [3.05, 3.63) is 0 Å². The number of hydrogen-bond donors (Lipinski definition) is 1. The number of nitrogens with one attached hydrogen (secondary N) is 1. The van der Waals surface area contributed by atoms with Gasteiger partial charge in [0.1, 0.15) is 0 Å². The fraction of sp³-hybridized carbons (Fsp3) is 1.00. The Morgan fingerprint density at radius 3 is 2.71 bits per heavy atom. The molecule has 2 nitrogen and oxygen atoms in total. The molecule has 0 heterocycles. The van der Waals surface area contributed by atoms with Crippen LogP contribution in [0.5, 0.6) is 0 Å². The minimum absolute atomic E-state index is 0.113. The lowest BCUT2D eigenvalue weighted by atomic mass is 9.78. The fourth-order valence-corrected chi connectivity index (χ4v) is 2.42. The van der Waals surface area contributed by atoms with Gasteiger partial charge in [-0.3, -0.25) is 0 Å². The van der Waals surface area contributed by atoms with Gasteiger partial charge in [0, 0.05) is 19.7 Å². The summed E-state index contributed by atoms with van der Waals surface area (Å²) < 4.78 is 5.74. The Hall–Kier alpha value is -0.0800. The van der Waals surface area contributed by atoms with E-state index in [1.165, 1.54) is 25.7 Å². The maximum atomic E-state index is 5.74. The third-order valence-electron chi connectivity index (χ3n) is 3.32. The quantitative estimate of drug-likeness (QED) is 0.751. The molecule has 2 heteroatoms. The Balaban J connectivity index is 2.47. The minimum Gasteiger partial charge on any atom is -0.377 e. The summed E-state index contributed by atoms with van der Waals surface area (Å²) in [6, 6.07) is 0.555. The van der Waals surface area contributed by atoms with Gasteiger partial charge in [0.05, 0.1) is 5.60 Å². The number of hydrogen-bond acceptors (Lipinski definition) is 2. The van der Waals surface area contributed by atoms with Crippen LogP contribution in [0.1, 0.15) is 46.5 Å². The van der Waals surface area contributed by atoms with Crippen LogP contribution < -0.4 is 5.32 Å². The van der Waals surface area contributed by atoms with Crippen LogP contribution in [0.4, 0.5) is 0 Å². The molecule has 0 aliphatic heterocycles. The van der Waals surface area contributed by atoms with E-state index in [2.05, 4.69) is 26.1 Å². The van der Waals surface area contributed by atoms with Gasteiger partial charge in [0.25, 0.3) is 0 Å². The zero-order valence-corrected chi connectivity index (χ0v) is 10.1. The highest BCUT2D eigenvalue weighted by atomic mass is 16.5. The molecule has 0 amide bonds. The predicted octanol–water partition coefficient (Wildman–Crippen LogP) is 2.58. The minimum atomic E-state index is 0.113. The van der Waals surface area contributed by atoms with Gasteiger partial charge in [-0.15, -0.1) is 0 Å². The molecule has 0 aromatic heterocycles. The fourth-order valence-electron chi connectivity index (χ4n) is 2.42. The van der Waals surface area contributed by atoms with Gasteiger partial charge in [-0.25, -0.2) is 0 Å². The summed E-state index contributed by atoms with van der Waals surface area (Å²) in [6.07, 6.45) is 5.11. The van der Waals surface area contributed by atoms with Crippen molar-refractivity contribution < 1.29 is 4.74 Å². The van der Waals surface area contributed by atoms with E-state index in [0.717, 1.165) is 12.5 Å². The zero-order valence-electron chi connectivity index (χ0n) is 10.1. The first-order chi connectivity index (χ1) is 6.58. The molecule has 0 bridgehead atoms. The van der Waals surface area contributed by atoms with Crippen molar-refractivity contribution in [2.75, 3.05) is 13.7 Å². The van der Waals surface area contributed by atoms with Crippen molar-refractivity contribution in [3.63, 3.8) is 0 Å². The van der Waals surface area contributed by atoms with Gasteiger partial charge < -0.3 is 10.1 Å². The number of rotatable bonds is 4. The summed E-state index contributed by atoms with van der Waals surface area (Å²) in [7, 11) is 1.86. The van der Waals surface area contributed by atoms with Crippen LogP contribution in [0.3, 0.4) is 0 Å². The largest absolute Gasteiger partial charge is 0.377 e. The average Bonchev–Trinajstić information content (AvgIpc) is 2.15. The third kappa shape index (κ3) is 3.25. The van der Waals surface area contributed by atoms with Crippen molar-refractivity contribution in [2.45, 2.75) is 58.1 Å². The van der Waals surface area contributed by atoms with Crippen molar-refractivity contribution in [3.8, 4) is 0 Å². The van der Waals surface area contributed by atoms with E-state index in [-0.39, 0.29) is 5.60 Å². The summed E-state index contributed by atoms with van der Waals surface area (Å²) in [5.41, 5.74) is 0.113. The van der Waals surface area contributed by atoms with E-state index in [4.69, 9.17) is 4.74 Å². The Kier molecular flexibility index (Phi) is 4.39. The molecule has 1 aliphatic rings. The zero-order chi connectivity index (χ0) is 10.6. The molecular formula is C12H25NO. The molecule has 1 aliphatic carbocycles. The monoisotopic (exact) mass is 199 g/mol. The van der Waals surface area contributed by atoms with E-state index in [9.17, 15) is 0 Å². The second kappa shape index (κ2) is 5.13. The maximum absolute atomic E-state index is 5.74. The molecule has 1 fully saturated rings. The smallest absolute Gasteiger partial charge is 0.0805 e. The molecule has 84 valence electrons. The van der Waals surface area contributed by atoms with Gasteiger partial charge >= 0.3 is 0 Å². The number of ether oxygens (including phenoxy) is 1. The van der Waals surface area contributed by atoms with Crippen LogP contribution >= 0.6 is 0 Å². The van der Waals surface area contributed by atoms with Gasteiger partial charge in [0.2, 0.25) is 0 Å². The van der Waals surface area contributed by atoms with Crippen LogP contribution in [-0.2, 0) is 4.74 Å². The van der Waals surface area contributed by atoms with Crippen LogP contribution in [0.2, 0.25) is 0 Å². The molecule has 1 saturated carbocycles. The molecule has 1 rings (SSSR count). The highest BCUT2D eigenvalue weighted by molar-refractivity contribution is 4.89. The number of methoxy groups -OCH3 is 1. The molecule has 0 radical (unpaired) electrons. The van der Waals surface area contributed by atoms with Crippen LogP contribution in [0.15, 0.2) is 0 Å². The molecule has 0 spiro atoms. The molecule has 2 atom stereocenters. The van der Waals surface area contributed by atoms with E-state index >= 15 is 0 Å². The summed E-state index contributed by atoms with van der Waals surface area (Å²) in [4.78, 5) is 0. The second-order valence-corrected chi connectivity index (χ2v) is 5.12. The first-order valence-electron chi connectivity index (χ1n) is 5.86. The average molecular weight is 199 g/mol. The highest BCUT2D eigenvalue weighted by Gasteiger charge is 2.34. The Morgan fingerprint density at radius 2 is 2.21 bits per heavy atom. The SMILES string of the molecule is COC1(CNC(C)C)CCCC(C)C1. The lowest BCUT2D eigenvalue weighted by molar-refractivity contribution is -0.0516. The second-order valence-electron chi connectivity index (χ2n) is 5.12. The first-order valence-corrected chi connectivity index (χ1v) is 5.86. The van der Waals surface area contributed by atoms with Crippen LogP contribution in [0, 0.1) is 5.92 Å².